The Morgan fingerprint density at radius 1 is 1.00 bits per heavy atom. The van der Waals surface area contributed by atoms with E-state index in [0.717, 1.165) is 0 Å². The van der Waals surface area contributed by atoms with Crippen LogP contribution in [0.1, 0.15) is 20.7 Å². The smallest absolute Gasteiger partial charge is 0.347 e. The predicted molar refractivity (Wildman–Crippen MR) is 66.5 cm³/mol. The van der Waals surface area contributed by atoms with Crippen molar-refractivity contribution >= 4 is 11.9 Å². The molecule has 0 unspecified atom stereocenters. The van der Waals surface area contributed by atoms with Gasteiger partial charge in [0, 0.05) is 0 Å². The van der Waals surface area contributed by atoms with E-state index in [1.54, 1.807) is 18.2 Å². The first-order valence-corrected chi connectivity index (χ1v) is 5.40. The molecule has 0 aliphatic rings. The minimum absolute atomic E-state index is 0.0327. The van der Waals surface area contributed by atoms with Crippen LogP contribution in [0.15, 0.2) is 48.5 Å². The van der Waals surface area contributed by atoms with Gasteiger partial charge in [-0.15, -0.1) is 0 Å². The highest BCUT2D eigenvalue weighted by Gasteiger charge is 2.17. The molecule has 96 valence electrons. The molecule has 0 saturated carbocycles. The van der Waals surface area contributed by atoms with E-state index in [0.29, 0.717) is 0 Å². The van der Waals surface area contributed by atoms with Crippen LogP contribution in [0.25, 0.3) is 0 Å². The van der Waals surface area contributed by atoms with Gasteiger partial charge in [0.1, 0.15) is 22.6 Å². The molecule has 2 N–H and O–H groups in total. The average Bonchev–Trinajstić information content (AvgIpc) is 2.47. The lowest BCUT2D eigenvalue weighted by atomic mass is 10.2. The molecule has 0 fully saturated rings. The minimum Gasteiger partial charge on any atom is -0.507 e. The molecule has 0 amide bonds. The van der Waals surface area contributed by atoms with Crippen molar-refractivity contribution in [2.24, 2.45) is 0 Å². The van der Waals surface area contributed by atoms with Gasteiger partial charge >= 0.3 is 11.9 Å². The zero-order valence-corrected chi connectivity index (χ0v) is 9.70. The molecule has 5 nitrogen and oxygen atoms in total. The summed E-state index contributed by atoms with van der Waals surface area (Å²) >= 11 is 0. The fourth-order valence-electron chi connectivity index (χ4n) is 1.52. The number of esters is 1. The average molecular weight is 259 g/mol. The topological polar surface area (TPSA) is 83.8 Å². The first-order chi connectivity index (χ1) is 9.63. The van der Waals surface area contributed by atoms with Crippen molar-refractivity contribution in [2.75, 3.05) is 0 Å². The summed E-state index contributed by atoms with van der Waals surface area (Å²) < 4.78 is 11.9. The molecular weight excluding hydrogens is 248 g/mol. The molecule has 2 aromatic carbocycles. The van der Waals surface area contributed by atoms with Crippen LogP contribution >= 0.6 is 0 Å². The summed E-state index contributed by atoms with van der Waals surface area (Å²) in [6, 6.07) is 11.9. The first kappa shape index (κ1) is 11.3. The largest absolute Gasteiger partial charge is 0.507 e. The number of ether oxygens (including phenoxy) is 1. The van der Waals surface area contributed by atoms with Crippen LogP contribution in [0.3, 0.4) is 0 Å². The van der Waals surface area contributed by atoms with Gasteiger partial charge in [0.2, 0.25) is 0 Å². The zero-order chi connectivity index (χ0) is 14.5. The third kappa shape index (κ3) is 2.71. The Hall–Kier alpha value is -2.82. The minimum atomic E-state index is -1.20. The van der Waals surface area contributed by atoms with Crippen molar-refractivity contribution in [2.45, 2.75) is 0 Å². The molecule has 0 spiro atoms. The lowest BCUT2D eigenvalue weighted by molar-refractivity contribution is 0.0681. The summed E-state index contributed by atoms with van der Waals surface area (Å²) in [4.78, 5) is 23.0. The normalized spacial score (nSPS) is 10.4. The third-order valence-corrected chi connectivity index (χ3v) is 2.43. The molecule has 0 radical (unpaired) electrons. The Kier molecular flexibility index (Phi) is 3.10. The molecule has 0 saturated heterocycles. The van der Waals surface area contributed by atoms with Crippen molar-refractivity contribution < 1.29 is 24.5 Å². The van der Waals surface area contributed by atoms with Crippen LogP contribution in [-0.4, -0.2) is 23.6 Å². The van der Waals surface area contributed by atoms with Gasteiger partial charge in [-0.25, -0.2) is 9.59 Å². The predicted octanol–water partition coefficient (Wildman–Crippen LogP) is 2.31. The highest BCUT2D eigenvalue weighted by molar-refractivity contribution is 5.96. The Bertz CT molecular complexity index is 654. The Labute approximate surface area is 110 Å². The van der Waals surface area contributed by atoms with Gasteiger partial charge in [-0.2, -0.15) is 0 Å². The first-order valence-electron chi connectivity index (χ1n) is 5.81. The zero-order valence-electron chi connectivity index (χ0n) is 10.7. The number of phenolic OH excluding ortho intramolecular Hbond substituents is 1. The fraction of sp³-hybridized carbons (Fsp3) is 0. The van der Waals surface area contributed by atoms with E-state index in [1.807, 2.05) is 0 Å². The fourth-order valence-corrected chi connectivity index (χ4v) is 1.52. The number of aromatic hydroxyl groups is 1. The number of hydrogen-bond donors (Lipinski definition) is 2. The van der Waals surface area contributed by atoms with Crippen molar-refractivity contribution in [3.63, 3.8) is 0 Å². The summed E-state index contributed by atoms with van der Waals surface area (Å²) in [6.07, 6.45) is 0. The molecule has 2 rings (SSSR count). The standard InChI is InChI=1S/C14H10O5/c15-11-7-3-1-5-9(11)14(18)19-12-8-4-2-6-10(12)13(16)17/h1-8,15H,(H,16,17)/i/hD. The summed E-state index contributed by atoms with van der Waals surface area (Å²) in [5, 5.41) is 13.3. The second kappa shape index (κ2) is 5.22. The van der Waals surface area contributed by atoms with Crippen LogP contribution in [-0.2, 0) is 0 Å². The van der Waals surface area contributed by atoms with Gasteiger partial charge in [-0.3, -0.25) is 0 Å². The van der Waals surface area contributed by atoms with Gasteiger partial charge in [-0.05, 0) is 24.3 Å². The maximum Gasteiger partial charge on any atom is 0.347 e. The summed E-state index contributed by atoms with van der Waals surface area (Å²) in [5.41, 5.74) is -0.0761. The van der Waals surface area contributed by atoms with E-state index in [-0.39, 0.29) is 22.6 Å². The van der Waals surface area contributed by atoms with E-state index in [1.165, 1.54) is 30.3 Å². The van der Waals surface area contributed by atoms with Crippen LogP contribution < -0.4 is 4.74 Å². The molecule has 2 aromatic rings. The Morgan fingerprint density at radius 2 is 1.63 bits per heavy atom. The maximum absolute atomic E-state index is 12.0. The van der Waals surface area contributed by atoms with E-state index in [4.69, 9.17) is 11.3 Å². The lowest BCUT2D eigenvalue weighted by Crippen LogP contribution is -2.11. The monoisotopic (exact) mass is 259 g/mol. The number of carboxylic acids is 1. The van der Waals surface area contributed by atoms with E-state index in [2.05, 4.69) is 5.11 Å². The van der Waals surface area contributed by atoms with Gasteiger partial charge in [0.05, 0.1) is 0 Å². The Morgan fingerprint density at radius 3 is 2.32 bits per heavy atom. The number of para-hydroxylation sites is 2. The third-order valence-electron chi connectivity index (χ3n) is 2.43. The van der Waals surface area contributed by atoms with Crippen LogP contribution in [0.4, 0.5) is 0 Å². The molecule has 0 heterocycles. The molecule has 0 aromatic heterocycles. The summed E-state index contributed by atoms with van der Waals surface area (Å²) in [5.74, 6) is -2.02. The second-order valence-electron chi connectivity index (χ2n) is 3.69. The number of carboxylic acid groups (broad SMARTS) is 1. The number of rotatable bonds is 4. The van der Waals surface area contributed by atoms with Gasteiger partial charge in [0.25, 0.3) is 1.43 Å². The van der Waals surface area contributed by atoms with Crippen molar-refractivity contribution in [3.8, 4) is 11.5 Å². The number of hydrogen-bond acceptors (Lipinski definition) is 4. The van der Waals surface area contributed by atoms with Gasteiger partial charge < -0.3 is 15.0 Å². The number of phenols is 1. The quantitative estimate of drug-likeness (QED) is 0.650. The van der Waals surface area contributed by atoms with Crippen LogP contribution in [0, 0.1) is 0 Å². The molecule has 0 bridgehead atoms. The van der Waals surface area contributed by atoms with Crippen LogP contribution in [0.5, 0.6) is 11.5 Å². The molecule has 0 aliphatic carbocycles. The Balaban J connectivity index is 2.31. The van der Waals surface area contributed by atoms with Crippen LogP contribution in [0.2, 0.25) is 0 Å². The molecule has 0 atom stereocenters. The van der Waals surface area contributed by atoms with Crippen molar-refractivity contribution in [1.29, 1.82) is 1.43 Å². The van der Waals surface area contributed by atoms with E-state index in [9.17, 15) is 9.59 Å². The summed E-state index contributed by atoms with van der Waals surface area (Å²) in [6.45, 7) is 0. The molecular formula is C14H10O5. The van der Waals surface area contributed by atoms with E-state index < -0.39 is 11.9 Å². The van der Waals surface area contributed by atoms with Gasteiger partial charge in [0.15, 0.2) is 0 Å². The van der Waals surface area contributed by atoms with Gasteiger partial charge in [-0.1, -0.05) is 24.3 Å². The number of benzene rings is 2. The number of carbonyl (C=O) groups is 2. The second-order valence-corrected chi connectivity index (χ2v) is 3.69. The number of aromatic carboxylic acids is 1. The molecule has 0 aliphatic heterocycles. The molecule has 19 heavy (non-hydrogen) atoms. The highest BCUT2D eigenvalue weighted by Crippen LogP contribution is 2.22. The lowest BCUT2D eigenvalue weighted by Gasteiger charge is -2.07. The SMILES string of the molecule is [2H]Oc1ccccc1C(=O)Oc1ccccc1C(=O)O. The highest BCUT2D eigenvalue weighted by atomic mass is 16.5. The number of carbonyl (C=O) groups excluding carboxylic acids is 1. The van der Waals surface area contributed by atoms with Crippen molar-refractivity contribution in [3.05, 3.63) is 59.7 Å². The maximum atomic E-state index is 12.0. The summed E-state index contributed by atoms with van der Waals surface area (Å²) in [7, 11) is 0. The van der Waals surface area contributed by atoms with E-state index >= 15 is 0 Å². The van der Waals surface area contributed by atoms with Crippen molar-refractivity contribution in [1.82, 2.24) is 0 Å². The molecule has 5 heteroatoms.